The highest BCUT2D eigenvalue weighted by Gasteiger charge is 2.46. The van der Waals surface area contributed by atoms with Crippen molar-refractivity contribution in [1.82, 2.24) is 29.6 Å². The molecular formula is C26H31N7OS. The zero-order valence-electron chi connectivity index (χ0n) is 20.8. The third kappa shape index (κ3) is 3.68. The van der Waals surface area contributed by atoms with Gasteiger partial charge in [0, 0.05) is 47.2 Å². The van der Waals surface area contributed by atoms with Crippen LogP contribution in [0.3, 0.4) is 0 Å². The average molecular weight is 490 g/mol. The minimum atomic E-state index is -0.110. The Balaban J connectivity index is 1.42. The Morgan fingerprint density at radius 2 is 2.00 bits per heavy atom. The molecule has 1 aliphatic carbocycles. The minimum absolute atomic E-state index is 0.0595. The first-order valence-electron chi connectivity index (χ1n) is 12.2. The van der Waals surface area contributed by atoms with Gasteiger partial charge in [0.15, 0.2) is 11.5 Å². The maximum absolute atomic E-state index is 13.3. The van der Waals surface area contributed by atoms with E-state index in [4.69, 9.17) is 9.97 Å². The summed E-state index contributed by atoms with van der Waals surface area (Å²) in [5.41, 5.74) is 4.47. The van der Waals surface area contributed by atoms with Crippen LogP contribution in [0, 0.1) is 0 Å². The van der Waals surface area contributed by atoms with Gasteiger partial charge in [0.05, 0.1) is 0 Å². The third-order valence-corrected chi connectivity index (χ3v) is 8.28. The van der Waals surface area contributed by atoms with Crippen molar-refractivity contribution in [3.8, 4) is 5.82 Å². The number of rotatable bonds is 4. The number of nitrogens with zero attached hydrogens (tertiary/aromatic N) is 5. The van der Waals surface area contributed by atoms with Crippen molar-refractivity contribution in [2.24, 2.45) is 0 Å². The monoisotopic (exact) mass is 489 g/mol. The van der Waals surface area contributed by atoms with E-state index < -0.39 is 0 Å². The van der Waals surface area contributed by atoms with Crippen LogP contribution in [-0.4, -0.2) is 30.9 Å². The minimum Gasteiger partial charge on any atom is -0.324 e. The third-order valence-electron chi connectivity index (χ3n) is 7.03. The normalized spacial score (nSPS) is 16.7. The van der Waals surface area contributed by atoms with Gasteiger partial charge < -0.3 is 10.6 Å². The number of nitrogens with one attached hydrogen (secondary N) is 2. The fourth-order valence-corrected chi connectivity index (χ4v) is 5.92. The van der Waals surface area contributed by atoms with Crippen LogP contribution >= 0.6 is 11.3 Å². The molecule has 3 aromatic heterocycles. The van der Waals surface area contributed by atoms with Crippen LogP contribution in [0.25, 0.3) is 16.9 Å². The summed E-state index contributed by atoms with van der Waals surface area (Å²) < 4.78 is 3.55. The number of anilines is 2. The maximum atomic E-state index is 13.3. The smallest absolute Gasteiger partial charge is 0.278 e. The van der Waals surface area contributed by atoms with Crippen molar-refractivity contribution in [3.05, 3.63) is 56.3 Å². The number of aromatic nitrogens is 5. The van der Waals surface area contributed by atoms with Crippen molar-refractivity contribution >= 4 is 34.0 Å². The van der Waals surface area contributed by atoms with Crippen LogP contribution in [0.1, 0.15) is 69.6 Å². The summed E-state index contributed by atoms with van der Waals surface area (Å²) in [6.07, 6.45) is 4.15. The molecule has 1 aromatic carbocycles. The molecule has 0 bridgehead atoms. The fraction of sp³-hybridized carbons (Fsp3) is 0.462. The first-order valence-corrected chi connectivity index (χ1v) is 13.1. The molecule has 1 fully saturated rings. The molecule has 182 valence electrons. The second-order valence-electron chi connectivity index (χ2n) is 11.1. The Morgan fingerprint density at radius 1 is 1.20 bits per heavy atom. The van der Waals surface area contributed by atoms with Gasteiger partial charge in [0.1, 0.15) is 10.4 Å². The topological polar surface area (TPSA) is 89.7 Å². The number of benzene rings is 1. The van der Waals surface area contributed by atoms with Crippen molar-refractivity contribution in [3.63, 3.8) is 0 Å². The van der Waals surface area contributed by atoms with Crippen LogP contribution in [0.4, 0.5) is 11.6 Å². The molecule has 1 aliphatic heterocycles. The van der Waals surface area contributed by atoms with Gasteiger partial charge in [-0.05, 0) is 49.9 Å². The lowest BCUT2D eigenvalue weighted by Gasteiger charge is -2.26. The molecule has 2 aliphatic rings. The largest absolute Gasteiger partial charge is 0.324 e. The molecule has 0 unspecified atom stereocenters. The van der Waals surface area contributed by atoms with Crippen LogP contribution < -0.4 is 16.2 Å². The first-order chi connectivity index (χ1) is 16.7. The van der Waals surface area contributed by atoms with E-state index in [0.29, 0.717) is 28.2 Å². The Hall–Kier alpha value is -3.04. The van der Waals surface area contributed by atoms with E-state index in [1.165, 1.54) is 24.0 Å². The van der Waals surface area contributed by atoms with Crippen LogP contribution in [0.5, 0.6) is 0 Å². The summed E-state index contributed by atoms with van der Waals surface area (Å²) >= 11 is 1.60. The van der Waals surface area contributed by atoms with Crippen molar-refractivity contribution in [2.45, 2.75) is 70.9 Å². The molecule has 1 spiro atoms. The fourth-order valence-electron chi connectivity index (χ4n) is 5.05. The lowest BCUT2D eigenvalue weighted by atomic mass is 9.88. The van der Waals surface area contributed by atoms with E-state index in [1.807, 2.05) is 23.9 Å². The number of hydrogen-bond acceptors (Lipinski definition) is 7. The van der Waals surface area contributed by atoms with Gasteiger partial charge in [-0.3, -0.25) is 4.79 Å². The van der Waals surface area contributed by atoms with E-state index in [0.717, 1.165) is 23.8 Å². The molecule has 0 atom stereocenters. The molecule has 0 amide bonds. The SMILES string of the molecule is CC(C)n1c(=O)c2cnc(Nc3ccc4c(c3)CNCC43CC3)nc2n1-c1csc(C(C)(C)C)n1. The van der Waals surface area contributed by atoms with Crippen LogP contribution in [-0.2, 0) is 17.4 Å². The molecule has 6 rings (SSSR count). The number of thiazole rings is 1. The molecule has 0 radical (unpaired) electrons. The molecule has 0 saturated heterocycles. The highest BCUT2D eigenvalue weighted by atomic mass is 32.1. The van der Waals surface area contributed by atoms with E-state index in [9.17, 15) is 4.79 Å². The van der Waals surface area contributed by atoms with Crippen molar-refractivity contribution in [1.29, 1.82) is 0 Å². The predicted octanol–water partition coefficient (Wildman–Crippen LogP) is 4.80. The molecule has 35 heavy (non-hydrogen) atoms. The molecule has 8 nitrogen and oxygen atoms in total. The zero-order chi connectivity index (χ0) is 24.5. The lowest BCUT2D eigenvalue weighted by Crippen LogP contribution is -2.33. The zero-order valence-corrected chi connectivity index (χ0v) is 21.7. The molecule has 4 heterocycles. The summed E-state index contributed by atoms with van der Waals surface area (Å²) in [5.74, 6) is 1.17. The van der Waals surface area contributed by atoms with E-state index >= 15 is 0 Å². The predicted molar refractivity (Wildman–Crippen MR) is 140 cm³/mol. The summed E-state index contributed by atoms with van der Waals surface area (Å²) in [7, 11) is 0. The molecule has 2 N–H and O–H groups in total. The van der Waals surface area contributed by atoms with Gasteiger partial charge in [0.2, 0.25) is 5.95 Å². The Bertz CT molecular complexity index is 1500. The van der Waals surface area contributed by atoms with Crippen LogP contribution in [0.2, 0.25) is 0 Å². The molecule has 4 aromatic rings. The highest BCUT2D eigenvalue weighted by Crippen LogP contribution is 2.50. The standard InChI is InChI=1S/C26H31N7OS/c1-15(2)32-22(34)18-12-28-24(31-21(18)33(32)20-13-35-23(30-20)25(3,4)5)29-17-6-7-19-16(10-17)11-27-14-26(19)8-9-26/h6-7,10,12-13,15,27H,8-9,11,14H2,1-5H3,(H,28,29,31). The molecule has 9 heteroatoms. The lowest BCUT2D eigenvalue weighted by molar-refractivity contribution is 0.471. The van der Waals surface area contributed by atoms with Crippen molar-refractivity contribution < 1.29 is 0 Å². The summed E-state index contributed by atoms with van der Waals surface area (Å²) in [6.45, 7) is 12.4. The Morgan fingerprint density at radius 3 is 2.69 bits per heavy atom. The summed E-state index contributed by atoms with van der Waals surface area (Å²) in [4.78, 5) is 27.4. The summed E-state index contributed by atoms with van der Waals surface area (Å²) in [6, 6.07) is 6.49. The quantitative estimate of drug-likeness (QED) is 0.428. The average Bonchev–Trinajstić information content (AvgIpc) is 3.26. The highest BCUT2D eigenvalue weighted by molar-refractivity contribution is 7.10. The van der Waals surface area contributed by atoms with Gasteiger partial charge in [-0.1, -0.05) is 26.8 Å². The van der Waals surface area contributed by atoms with Gasteiger partial charge in [-0.25, -0.2) is 19.3 Å². The molecule has 1 saturated carbocycles. The number of fused-ring (bicyclic) bond motifs is 3. The van der Waals surface area contributed by atoms with Gasteiger partial charge in [0.25, 0.3) is 5.56 Å². The van der Waals surface area contributed by atoms with Gasteiger partial charge in [-0.2, -0.15) is 4.98 Å². The first kappa shape index (κ1) is 22.4. The van der Waals surface area contributed by atoms with Crippen LogP contribution in [0.15, 0.2) is 34.6 Å². The Labute approximate surface area is 208 Å². The van der Waals surface area contributed by atoms with E-state index in [2.05, 4.69) is 54.6 Å². The number of hydrogen-bond donors (Lipinski definition) is 2. The van der Waals surface area contributed by atoms with Gasteiger partial charge in [-0.15, -0.1) is 11.3 Å². The van der Waals surface area contributed by atoms with Gasteiger partial charge >= 0.3 is 0 Å². The maximum Gasteiger partial charge on any atom is 0.278 e. The second-order valence-corrected chi connectivity index (χ2v) is 12.0. The van der Waals surface area contributed by atoms with Crippen molar-refractivity contribution in [2.75, 3.05) is 11.9 Å². The molecular weight excluding hydrogens is 458 g/mol. The van der Waals surface area contributed by atoms with E-state index in [1.54, 1.807) is 22.2 Å². The summed E-state index contributed by atoms with van der Waals surface area (Å²) in [5, 5.41) is 10.4. The Kier molecular flexibility index (Phi) is 4.95. The second kappa shape index (κ2) is 7.73. The van der Waals surface area contributed by atoms with E-state index in [-0.39, 0.29) is 17.0 Å².